The number of primary amides is 1. The molecule has 4 N–H and O–H groups in total. The van der Waals surface area contributed by atoms with Crippen LogP contribution < -0.4 is 21.1 Å². The third-order valence-electron chi connectivity index (χ3n) is 5.97. The molecule has 4 rings (SSSR count). The monoisotopic (exact) mass is 536 g/mol. The molecule has 38 heavy (non-hydrogen) atoms. The van der Waals surface area contributed by atoms with Gasteiger partial charge in [-0.1, -0.05) is 30.3 Å². The topological polar surface area (TPSA) is 125 Å². The number of fused-ring (bicyclic) bond motifs is 1. The highest BCUT2D eigenvalue weighted by molar-refractivity contribution is 7.80. The number of carbonyl (C=O) groups is 2. The third-order valence-corrected chi connectivity index (χ3v) is 6.18. The third kappa shape index (κ3) is 5.63. The van der Waals surface area contributed by atoms with E-state index in [9.17, 15) is 14.0 Å². The van der Waals surface area contributed by atoms with Crippen LogP contribution >= 0.6 is 12.2 Å². The van der Waals surface area contributed by atoms with Gasteiger partial charge in [0.1, 0.15) is 11.5 Å². The molecule has 0 fully saturated rings. The van der Waals surface area contributed by atoms with Crippen molar-refractivity contribution < 1.29 is 28.2 Å². The van der Waals surface area contributed by atoms with Crippen LogP contribution in [0.15, 0.2) is 66.6 Å². The maximum absolute atomic E-state index is 15.0. The highest BCUT2D eigenvalue weighted by Crippen LogP contribution is 2.39. The lowest BCUT2D eigenvalue weighted by molar-refractivity contribution is -0.139. The summed E-state index contributed by atoms with van der Waals surface area (Å²) < 4.78 is 31.7. The zero-order chi connectivity index (χ0) is 27.3. The second kappa shape index (κ2) is 11.4. The first-order chi connectivity index (χ1) is 18.3. The molecule has 1 aliphatic rings. The van der Waals surface area contributed by atoms with Gasteiger partial charge in [-0.2, -0.15) is 0 Å². The van der Waals surface area contributed by atoms with Gasteiger partial charge in [0.2, 0.25) is 11.5 Å². The minimum Gasteiger partial charge on any atom is -0.497 e. The molecule has 11 heteroatoms. The fraction of sp³-hybridized carbons (Fsp3) is 0.185. The number of nitrogens with two attached hydrogens (primary N) is 1. The molecule has 1 atom stereocenters. The van der Waals surface area contributed by atoms with Gasteiger partial charge in [-0.15, -0.1) is 0 Å². The Hall–Kier alpha value is -4.35. The van der Waals surface area contributed by atoms with Crippen molar-refractivity contribution in [2.24, 2.45) is 5.73 Å². The molecule has 2 amide bonds. The SMILES string of the molecule is COC1=Cc2nccc(Oc3ccc(NC(=S)NC(=O)Cc4ccccc4)cc3F)c2CC1(OC)C(N)=O. The second-order valence-electron chi connectivity index (χ2n) is 8.37. The van der Waals surface area contributed by atoms with E-state index in [2.05, 4.69) is 15.6 Å². The summed E-state index contributed by atoms with van der Waals surface area (Å²) in [6.07, 6.45) is 3.17. The molecule has 3 aromatic rings. The number of halogens is 1. The van der Waals surface area contributed by atoms with Gasteiger partial charge in [-0.3, -0.25) is 14.6 Å². The predicted octanol–water partition coefficient (Wildman–Crippen LogP) is 3.48. The standard InChI is InChI=1S/C27H25FN4O5S/c1-35-23-14-20-18(15-27(23,36-2)25(29)34)21(10-11-30-20)37-22-9-8-17(13-19(22)28)31-26(38)32-24(33)12-16-6-4-3-5-7-16/h3-11,13-14H,12,15H2,1-2H3,(H2,29,34)(H2,31,32,33,38). The summed E-state index contributed by atoms with van der Waals surface area (Å²) in [5.74, 6) is -1.33. The van der Waals surface area contributed by atoms with E-state index >= 15 is 0 Å². The van der Waals surface area contributed by atoms with E-state index in [0.29, 0.717) is 16.9 Å². The molecule has 2 aromatic carbocycles. The molecule has 1 aliphatic carbocycles. The molecular formula is C27H25FN4O5S. The number of nitrogens with zero attached hydrogens (tertiary/aromatic N) is 1. The van der Waals surface area contributed by atoms with Gasteiger partial charge in [-0.05, 0) is 36.0 Å². The van der Waals surface area contributed by atoms with Gasteiger partial charge in [-0.25, -0.2) is 4.39 Å². The van der Waals surface area contributed by atoms with Crippen LogP contribution in [-0.4, -0.2) is 41.7 Å². The molecule has 0 aliphatic heterocycles. The number of pyridine rings is 1. The van der Waals surface area contributed by atoms with E-state index < -0.39 is 17.3 Å². The maximum Gasteiger partial charge on any atom is 0.257 e. The lowest BCUT2D eigenvalue weighted by Crippen LogP contribution is -2.51. The second-order valence-corrected chi connectivity index (χ2v) is 8.78. The van der Waals surface area contributed by atoms with Gasteiger partial charge in [0, 0.05) is 43.1 Å². The van der Waals surface area contributed by atoms with E-state index in [4.69, 9.17) is 32.2 Å². The fourth-order valence-electron chi connectivity index (χ4n) is 4.06. The number of rotatable bonds is 8. The first-order valence-electron chi connectivity index (χ1n) is 11.5. The molecule has 1 heterocycles. The summed E-state index contributed by atoms with van der Waals surface area (Å²) in [6, 6.07) is 14.9. The predicted molar refractivity (Wildman–Crippen MR) is 143 cm³/mol. The van der Waals surface area contributed by atoms with Crippen LogP contribution in [-0.2, 0) is 31.9 Å². The fourth-order valence-corrected chi connectivity index (χ4v) is 4.30. The number of methoxy groups -OCH3 is 2. The molecule has 9 nitrogen and oxygen atoms in total. The average Bonchev–Trinajstić information content (AvgIpc) is 2.89. The van der Waals surface area contributed by atoms with Gasteiger partial charge in [0.15, 0.2) is 16.7 Å². The van der Waals surface area contributed by atoms with Crippen LogP contribution in [0.25, 0.3) is 6.08 Å². The van der Waals surface area contributed by atoms with Crippen molar-refractivity contribution in [2.75, 3.05) is 19.5 Å². The Balaban J connectivity index is 1.48. The number of aromatic nitrogens is 1. The largest absolute Gasteiger partial charge is 0.497 e. The van der Waals surface area contributed by atoms with Gasteiger partial charge >= 0.3 is 0 Å². The van der Waals surface area contributed by atoms with Crippen molar-refractivity contribution in [2.45, 2.75) is 18.4 Å². The Bertz CT molecular complexity index is 1420. The van der Waals surface area contributed by atoms with E-state index in [0.717, 1.165) is 5.56 Å². The van der Waals surface area contributed by atoms with E-state index in [1.54, 1.807) is 12.1 Å². The molecule has 0 radical (unpaired) electrons. The summed E-state index contributed by atoms with van der Waals surface area (Å²) in [5.41, 5.74) is 6.21. The highest BCUT2D eigenvalue weighted by atomic mass is 32.1. The van der Waals surface area contributed by atoms with Crippen LogP contribution in [0, 0.1) is 5.82 Å². The van der Waals surface area contributed by atoms with Crippen LogP contribution in [0.5, 0.6) is 11.5 Å². The lowest BCUT2D eigenvalue weighted by atomic mass is 9.85. The summed E-state index contributed by atoms with van der Waals surface area (Å²) in [4.78, 5) is 28.8. The van der Waals surface area contributed by atoms with Crippen LogP contribution in [0.1, 0.15) is 16.8 Å². The molecule has 0 bridgehead atoms. The number of hydrogen-bond donors (Lipinski definition) is 3. The lowest BCUT2D eigenvalue weighted by Gasteiger charge is -2.34. The molecule has 1 aromatic heterocycles. The van der Waals surface area contributed by atoms with E-state index in [-0.39, 0.29) is 41.1 Å². The van der Waals surface area contributed by atoms with Crippen molar-refractivity contribution in [1.29, 1.82) is 0 Å². The van der Waals surface area contributed by atoms with Crippen molar-refractivity contribution in [3.63, 3.8) is 0 Å². The summed E-state index contributed by atoms with van der Waals surface area (Å²) in [5, 5.41) is 5.39. The van der Waals surface area contributed by atoms with E-state index in [1.807, 2.05) is 30.3 Å². The number of hydrogen-bond acceptors (Lipinski definition) is 7. The highest BCUT2D eigenvalue weighted by Gasteiger charge is 2.46. The van der Waals surface area contributed by atoms with Crippen molar-refractivity contribution >= 4 is 40.9 Å². The Labute approximate surface area is 223 Å². The van der Waals surface area contributed by atoms with E-state index in [1.165, 1.54) is 38.6 Å². The molecule has 0 saturated carbocycles. The normalized spacial score (nSPS) is 16.0. The minimum atomic E-state index is -1.56. The minimum absolute atomic E-state index is 0.0186. The number of benzene rings is 2. The summed E-state index contributed by atoms with van der Waals surface area (Å²) >= 11 is 5.18. The number of anilines is 1. The Morgan fingerprint density at radius 3 is 2.55 bits per heavy atom. The summed E-state index contributed by atoms with van der Waals surface area (Å²) in [6.45, 7) is 0. The Morgan fingerprint density at radius 1 is 1.13 bits per heavy atom. The number of nitrogens with one attached hydrogen (secondary N) is 2. The zero-order valence-corrected chi connectivity index (χ0v) is 21.4. The molecule has 0 saturated heterocycles. The summed E-state index contributed by atoms with van der Waals surface area (Å²) in [7, 11) is 2.75. The first-order valence-corrected chi connectivity index (χ1v) is 11.9. The Kier molecular flexibility index (Phi) is 7.99. The van der Waals surface area contributed by atoms with Crippen LogP contribution in [0.4, 0.5) is 10.1 Å². The number of thiocarbonyl (C=S) groups is 1. The number of ether oxygens (including phenoxy) is 3. The van der Waals surface area contributed by atoms with Crippen molar-refractivity contribution in [1.82, 2.24) is 10.3 Å². The molecular weight excluding hydrogens is 511 g/mol. The molecule has 1 unspecified atom stereocenters. The molecule has 0 spiro atoms. The smallest absolute Gasteiger partial charge is 0.257 e. The molecule has 196 valence electrons. The zero-order valence-electron chi connectivity index (χ0n) is 20.6. The van der Waals surface area contributed by atoms with Gasteiger partial charge in [0.25, 0.3) is 5.91 Å². The number of carbonyl (C=O) groups excluding carboxylic acids is 2. The van der Waals surface area contributed by atoms with Crippen LogP contribution in [0.3, 0.4) is 0 Å². The maximum atomic E-state index is 15.0. The number of amides is 2. The Morgan fingerprint density at radius 2 is 1.89 bits per heavy atom. The van der Waals surface area contributed by atoms with Crippen molar-refractivity contribution in [3.8, 4) is 11.5 Å². The van der Waals surface area contributed by atoms with Gasteiger partial charge in [0.05, 0.1) is 19.2 Å². The average molecular weight is 537 g/mol. The van der Waals surface area contributed by atoms with Crippen molar-refractivity contribution in [3.05, 3.63) is 89.2 Å². The van der Waals surface area contributed by atoms with Gasteiger partial charge < -0.3 is 30.6 Å². The quantitative estimate of drug-likeness (QED) is 0.374. The van der Waals surface area contributed by atoms with Crippen LogP contribution in [0.2, 0.25) is 0 Å². The first kappa shape index (κ1) is 26.7.